The van der Waals surface area contributed by atoms with Crippen molar-refractivity contribution in [3.63, 3.8) is 0 Å². The van der Waals surface area contributed by atoms with Crippen molar-refractivity contribution in [3.8, 4) is 16.9 Å². The number of hydrogen-bond acceptors (Lipinski definition) is 2. The van der Waals surface area contributed by atoms with E-state index >= 15 is 0 Å². The van der Waals surface area contributed by atoms with E-state index in [4.69, 9.17) is 4.74 Å². The molecule has 0 fully saturated rings. The molecule has 0 atom stereocenters. The van der Waals surface area contributed by atoms with E-state index in [0.717, 1.165) is 29.6 Å². The van der Waals surface area contributed by atoms with Crippen molar-refractivity contribution in [2.45, 2.75) is 26.7 Å². The molecule has 0 aliphatic rings. The van der Waals surface area contributed by atoms with Gasteiger partial charge in [0.05, 0.1) is 7.11 Å². The first-order chi connectivity index (χ1) is 11.7. The Labute approximate surface area is 143 Å². The number of aldehydes is 1. The quantitative estimate of drug-likeness (QED) is 0.610. The van der Waals surface area contributed by atoms with Crippen molar-refractivity contribution in [2.24, 2.45) is 0 Å². The fourth-order valence-corrected chi connectivity index (χ4v) is 3.38. The monoisotopic (exact) mass is 318 g/mol. The molecular weight excluding hydrogens is 296 g/mol. The molecule has 0 N–H and O–H groups in total. The van der Waals surface area contributed by atoms with Gasteiger partial charge in [0, 0.05) is 12.0 Å². The Hall–Kier alpha value is -2.61. The van der Waals surface area contributed by atoms with Crippen LogP contribution in [-0.4, -0.2) is 13.4 Å². The lowest BCUT2D eigenvalue weighted by atomic mass is 9.90. The number of aryl methyl sites for hydroxylation is 2. The first-order valence-corrected chi connectivity index (χ1v) is 8.31. The fraction of sp³-hybridized carbons (Fsp3) is 0.227. The Kier molecular flexibility index (Phi) is 4.66. The van der Waals surface area contributed by atoms with Gasteiger partial charge < -0.3 is 9.53 Å². The zero-order valence-corrected chi connectivity index (χ0v) is 14.4. The predicted octanol–water partition coefficient (Wildman–Crippen LogP) is 5.13. The van der Waals surface area contributed by atoms with Crippen molar-refractivity contribution in [1.29, 1.82) is 0 Å². The largest absolute Gasteiger partial charge is 0.496 e. The third kappa shape index (κ3) is 2.80. The molecule has 0 heterocycles. The summed E-state index contributed by atoms with van der Waals surface area (Å²) in [5.41, 5.74) is 5.79. The van der Waals surface area contributed by atoms with Gasteiger partial charge in [-0.05, 0) is 52.4 Å². The highest BCUT2D eigenvalue weighted by Crippen LogP contribution is 2.39. The SMILES string of the molecule is CCc1cc(CC=O)cc(OC)c1-c1cccc2c(C)cccc12. The molecule has 0 saturated carbocycles. The van der Waals surface area contributed by atoms with E-state index in [0.29, 0.717) is 6.42 Å². The summed E-state index contributed by atoms with van der Waals surface area (Å²) in [5.74, 6) is 0.834. The molecule has 2 heteroatoms. The van der Waals surface area contributed by atoms with Crippen LogP contribution in [0.25, 0.3) is 21.9 Å². The highest BCUT2D eigenvalue weighted by Gasteiger charge is 2.15. The lowest BCUT2D eigenvalue weighted by Crippen LogP contribution is -1.98. The summed E-state index contributed by atoms with van der Waals surface area (Å²) >= 11 is 0. The third-order valence-electron chi connectivity index (χ3n) is 4.57. The molecule has 122 valence electrons. The number of ether oxygens (including phenoxy) is 1. The molecule has 0 aliphatic carbocycles. The van der Waals surface area contributed by atoms with Crippen LogP contribution in [0, 0.1) is 6.92 Å². The number of rotatable bonds is 5. The summed E-state index contributed by atoms with van der Waals surface area (Å²) in [5, 5.41) is 2.49. The van der Waals surface area contributed by atoms with Crippen LogP contribution in [0.15, 0.2) is 48.5 Å². The average molecular weight is 318 g/mol. The summed E-state index contributed by atoms with van der Waals surface area (Å²) < 4.78 is 5.69. The van der Waals surface area contributed by atoms with Gasteiger partial charge in [-0.25, -0.2) is 0 Å². The van der Waals surface area contributed by atoms with Gasteiger partial charge in [0.1, 0.15) is 12.0 Å². The lowest BCUT2D eigenvalue weighted by molar-refractivity contribution is -0.107. The maximum absolute atomic E-state index is 10.9. The number of hydrogen-bond donors (Lipinski definition) is 0. The maximum Gasteiger partial charge on any atom is 0.127 e. The predicted molar refractivity (Wildman–Crippen MR) is 99.8 cm³/mol. The van der Waals surface area contributed by atoms with Crippen molar-refractivity contribution in [1.82, 2.24) is 0 Å². The van der Waals surface area contributed by atoms with Gasteiger partial charge in [-0.15, -0.1) is 0 Å². The average Bonchev–Trinajstić information content (AvgIpc) is 2.61. The van der Waals surface area contributed by atoms with Crippen LogP contribution in [0.2, 0.25) is 0 Å². The minimum Gasteiger partial charge on any atom is -0.496 e. The van der Waals surface area contributed by atoms with Gasteiger partial charge in [0.2, 0.25) is 0 Å². The van der Waals surface area contributed by atoms with Gasteiger partial charge >= 0.3 is 0 Å². The number of benzene rings is 3. The second-order valence-corrected chi connectivity index (χ2v) is 6.03. The van der Waals surface area contributed by atoms with Crippen molar-refractivity contribution in [3.05, 3.63) is 65.2 Å². The molecule has 0 spiro atoms. The molecule has 0 aliphatic heterocycles. The Balaban J connectivity index is 2.33. The topological polar surface area (TPSA) is 26.3 Å². The maximum atomic E-state index is 10.9. The van der Waals surface area contributed by atoms with Crippen molar-refractivity contribution >= 4 is 17.1 Å². The minimum absolute atomic E-state index is 0.415. The Morgan fingerprint density at radius 1 is 1.04 bits per heavy atom. The molecule has 2 nitrogen and oxygen atoms in total. The first-order valence-electron chi connectivity index (χ1n) is 8.31. The van der Waals surface area contributed by atoms with Gasteiger partial charge in [-0.3, -0.25) is 0 Å². The molecule has 0 unspecified atom stereocenters. The van der Waals surface area contributed by atoms with Crippen LogP contribution in [0.4, 0.5) is 0 Å². The number of carbonyl (C=O) groups is 1. The molecule has 0 saturated heterocycles. The van der Waals surface area contributed by atoms with E-state index in [2.05, 4.69) is 56.3 Å². The summed E-state index contributed by atoms with van der Waals surface area (Å²) in [7, 11) is 1.69. The molecule has 0 aromatic heterocycles. The first kappa shape index (κ1) is 16.3. The van der Waals surface area contributed by atoms with Crippen LogP contribution in [0.5, 0.6) is 5.75 Å². The van der Waals surface area contributed by atoms with Crippen LogP contribution in [0.1, 0.15) is 23.6 Å². The third-order valence-corrected chi connectivity index (χ3v) is 4.57. The number of methoxy groups -OCH3 is 1. The van der Waals surface area contributed by atoms with E-state index < -0.39 is 0 Å². The summed E-state index contributed by atoms with van der Waals surface area (Å²) in [6.45, 7) is 4.27. The normalized spacial score (nSPS) is 10.8. The van der Waals surface area contributed by atoms with Crippen LogP contribution >= 0.6 is 0 Å². The Bertz CT molecular complexity index is 869. The molecule has 0 radical (unpaired) electrons. The van der Waals surface area contributed by atoms with Gasteiger partial charge in [0.15, 0.2) is 0 Å². The van der Waals surface area contributed by atoms with E-state index in [1.54, 1.807) is 7.11 Å². The highest BCUT2D eigenvalue weighted by atomic mass is 16.5. The van der Waals surface area contributed by atoms with Gasteiger partial charge in [-0.2, -0.15) is 0 Å². The Morgan fingerprint density at radius 2 is 1.79 bits per heavy atom. The lowest BCUT2D eigenvalue weighted by Gasteiger charge is -2.17. The molecule has 3 aromatic carbocycles. The molecule has 24 heavy (non-hydrogen) atoms. The van der Waals surface area contributed by atoms with Gasteiger partial charge in [-0.1, -0.05) is 49.4 Å². The number of carbonyl (C=O) groups excluding carboxylic acids is 1. The molecular formula is C22H22O2. The smallest absolute Gasteiger partial charge is 0.127 e. The molecule has 0 amide bonds. The van der Waals surface area contributed by atoms with Crippen molar-refractivity contribution in [2.75, 3.05) is 7.11 Å². The molecule has 3 aromatic rings. The van der Waals surface area contributed by atoms with Crippen LogP contribution < -0.4 is 4.74 Å². The minimum atomic E-state index is 0.415. The van der Waals surface area contributed by atoms with E-state index in [9.17, 15) is 4.79 Å². The second kappa shape index (κ2) is 6.88. The van der Waals surface area contributed by atoms with Crippen LogP contribution in [-0.2, 0) is 17.6 Å². The summed E-state index contributed by atoms with van der Waals surface area (Å²) in [6.07, 6.45) is 2.24. The van der Waals surface area contributed by atoms with E-state index in [-0.39, 0.29) is 0 Å². The fourth-order valence-electron chi connectivity index (χ4n) is 3.38. The van der Waals surface area contributed by atoms with Gasteiger partial charge in [0.25, 0.3) is 0 Å². The summed E-state index contributed by atoms with van der Waals surface area (Å²) in [4.78, 5) is 10.9. The Morgan fingerprint density at radius 3 is 2.50 bits per heavy atom. The molecule has 3 rings (SSSR count). The molecule has 0 bridgehead atoms. The van der Waals surface area contributed by atoms with E-state index in [1.165, 1.54) is 27.5 Å². The zero-order chi connectivity index (χ0) is 17.1. The zero-order valence-electron chi connectivity index (χ0n) is 14.4. The summed E-state index contributed by atoms with van der Waals surface area (Å²) in [6, 6.07) is 16.9. The standard InChI is InChI=1S/C22H22O2/c1-4-17-13-16(11-12-23)14-21(24-3)22(17)20-10-6-8-18-15(2)7-5-9-19(18)20/h5-10,12-14H,4,11H2,1-3H3. The van der Waals surface area contributed by atoms with Crippen LogP contribution in [0.3, 0.4) is 0 Å². The number of fused-ring (bicyclic) bond motifs is 1. The highest BCUT2D eigenvalue weighted by molar-refractivity contribution is 6.00. The van der Waals surface area contributed by atoms with Crippen molar-refractivity contribution < 1.29 is 9.53 Å². The second-order valence-electron chi connectivity index (χ2n) is 6.03. The van der Waals surface area contributed by atoms with E-state index in [1.807, 2.05) is 6.07 Å².